The largest absolute Gasteiger partial charge is 0.462 e. The van der Waals surface area contributed by atoms with Crippen LogP contribution >= 0.6 is 0 Å². The first-order chi connectivity index (χ1) is 26.6. The average molecular weight is 745 g/mol. The van der Waals surface area contributed by atoms with E-state index in [9.17, 15) is 14.7 Å². The Morgan fingerprint density at radius 2 is 0.833 bits per heavy atom. The van der Waals surface area contributed by atoms with Crippen molar-refractivity contribution in [2.24, 2.45) is 0 Å². The van der Waals surface area contributed by atoms with Gasteiger partial charge in [0.1, 0.15) is 6.61 Å². The molecule has 0 saturated carbocycles. The average Bonchev–Trinajstić information content (AvgIpc) is 3.17. The number of ether oxygens (including phenoxy) is 2. The molecule has 0 aliphatic rings. The summed E-state index contributed by atoms with van der Waals surface area (Å²) in [5.41, 5.74) is 0. The van der Waals surface area contributed by atoms with Gasteiger partial charge in [-0.05, 0) is 89.9 Å². The Hall–Kier alpha value is -3.70. The van der Waals surface area contributed by atoms with E-state index in [0.29, 0.717) is 12.8 Å². The fraction of sp³-hybridized carbons (Fsp3) is 0.551. The van der Waals surface area contributed by atoms with E-state index >= 15 is 0 Å². The Bertz CT molecular complexity index is 1160. The Labute approximate surface area is 331 Å². The molecule has 1 atom stereocenters. The standard InChI is InChI=1S/C49H76O5/c1-3-5-7-9-11-13-15-17-19-21-23-24-26-27-29-31-33-35-37-39-41-43-48(51)53-46-47(45-50)54-49(52)44-42-40-38-36-34-32-30-28-25-22-20-18-16-14-12-10-8-6-4-2/h6,8,12,14,18-21,24-26,28-29,31-32,34-35,37-38,40,47,50H,3-5,7,9-11,13,15-17,22-23,27,30,33,36,39,41-46H2,1-2H3/b8-6+,14-12+,20-18+,21-19+,26-24+,28-25+,31-29+,34-32+,37-35+,40-38+/t47-/m0/s1. The van der Waals surface area contributed by atoms with Crippen LogP contribution in [0.3, 0.4) is 0 Å². The smallest absolute Gasteiger partial charge is 0.306 e. The van der Waals surface area contributed by atoms with Crippen LogP contribution in [0.2, 0.25) is 0 Å². The maximum atomic E-state index is 12.2. The monoisotopic (exact) mass is 745 g/mol. The van der Waals surface area contributed by atoms with E-state index in [1.165, 1.54) is 51.4 Å². The number of aliphatic hydroxyl groups excluding tert-OH is 1. The van der Waals surface area contributed by atoms with Crippen LogP contribution in [-0.2, 0) is 19.1 Å². The molecule has 0 aromatic rings. The molecular weight excluding hydrogens is 669 g/mol. The van der Waals surface area contributed by atoms with Crippen molar-refractivity contribution < 1.29 is 24.2 Å². The van der Waals surface area contributed by atoms with E-state index in [-0.39, 0.29) is 32.0 Å². The first-order valence-corrected chi connectivity index (χ1v) is 21.1. The Morgan fingerprint density at radius 3 is 1.28 bits per heavy atom. The zero-order chi connectivity index (χ0) is 39.3. The van der Waals surface area contributed by atoms with Gasteiger partial charge in [0.15, 0.2) is 6.10 Å². The topological polar surface area (TPSA) is 72.8 Å². The molecule has 0 unspecified atom stereocenters. The highest BCUT2D eigenvalue weighted by atomic mass is 16.6. The number of esters is 2. The maximum absolute atomic E-state index is 12.2. The van der Waals surface area contributed by atoms with Crippen LogP contribution in [0.4, 0.5) is 0 Å². The fourth-order valence-corrected chi connectivity index (χ4v) is 5.10. The molecule has 0 aliphatic heterocycles. The lowest BCUT2D eigenvalue weighted by Gasteiger charge is -2.15. The van der Waals surface area contributed by atoms with Crippen LogP contribution in [0.25, 0.3) is 0 Å². The second-order valence-corrected chi connectivity index (χ2v) is 13.3. The summed E-state index contributed by atoms with van der Waals surface area (Å²) in [5.74, 6) is -0.767. The van der Waals surface area contributed by atoms with Crippen LogP contribution < -0.4 is 0 Å². The molecule has 5 nitrogen and oxygen atoms in total. The molecule has 0 aromatic carbocycles. The third kappa shape index (κ3) is 41.1. The number of carbonyl (C=O) groups is 2. The predicted molar refractivity (Wildman–Crippen MR) is 232 cm³/mol. The highest BCUT2D eigenvalue weighted by Gasteiger charge is 2.15. The summed E-state index contributed by atoms with van der Waals surface area (Å²) < 4.78 is 10.5. The first kappa shape index (κ1) is 50.3. The number of aliphatic hydroxyl groups is 1. The second-order valence-electron chi connectivity index (χ2n) is 13.3. The minimum absolute atomic E-state index is 0.133. The molecule has 0 amide bonds. The molecule has 0 fully saturated rings. The van der Waals surface area contributed by atoms with Crippen LogP contribution in [-0.4, -0.2) is 36.4 Å². The van der Waals surface area contributed by atoms with Gasteiger partial charge in [-0.2, -0.15) is 0 Å². The minimum Gasteiger partial charge on any atom is -0.462 e. The molecule has 0 aromatic heterocycles. The lowest BCUT2D eigenvalue weighted by Crippen LogP contribution is -2.28. The normalized spacial score (nSPS) is 13.5. The Morgan fingerprint density at radius 1 is 0.444 bits per heavy atom. The molecule has 302 valence electrons. The van der Waals surface area contributed by atoms with E-state index < -0.39 is 12.1 Å². The van der Waals surface area contributed by atoms with Gasteiger partial charge in [-0.15, -0.1) is 0 Å². The molecular formula is C49H76O5. The first-order valence-electron chi connectivity index (χ1n) is 21.1. The van der Waals surface area contributed by atoms with Crippen molar-refractivity contribution >= 4 is 11.9 Å². The third-order valence-electron chi connectivity index (χ3n) is 8.25. The zero-order valence-electron chi connectivity index (χ0n) is 34.2. The number of unbranched alkanes of at least 4 members (excludes halogenated alkanes) is 8. The molecule has 0 heterocycles. The molecule has 0 spiro atoms. The van der Waals surface area contributed by atoms with E-state index in [4.69, 9.17) is 9.47 Å². The minimum atomic E-state index is -0.843. The predicted octanol–water partition coefficient (Wildman–Crippen LogP) is 13.6. The number of rotatable bonds is 36. The zero-order valence-corrected chi connectivity index (χ0v) is 34.2. The SMILES string of the molecule is CC/C=C/C/C=C/C/C=C/C/C=C/C/C=C/C/C=C/CCC(=O)O[C@@H](CO)COC(=O)CCC/C=C/C/C=C/C/C=C/C/C=C/CCCCCCCCC. The quantitative estimate of drug-likeness (QED) is 0.0393. The highest BCUT2D eigenvalue weighted by molar-refractivity contribution is 5.70. The summed E-state index contributed by atoms with van der Waals surface area (Å²) in [7, 11) is 0. The van der Waals surface area contributed by atoms with Gasteiger partial charge in [0.2, 0.25) is 0 Å². The van der Waals surface area contributed by atoms with Gasteiger partial charge in [-0.25, -0.2) is 0 Å². The highest BCUT2D eigenvalue weighted by Crippen LogP contribution is 2.09. The van der Waals surface area contributed by atoms with Crippen molar-refractivity contribution in [2.75, 3.05) is 13.2 Å². The van der Waals surface area contributed by atoms with Gasteiger partial charge in [0.25, 0.3) is 0 Å². The van der Waals surface area contributed by atoms with E-state index in [0.717, 1.165) is 64.2 Å². The summed E-state index contributed by atoms with van der Waals surface area (Å²) in [5, 5.41) is 9.55. The van der Waals surface area contributed by atoms with Crippen LogP contribution in [0.15, 0.2) is 122 Å². The molecule has 54 heavy (non-hydrogen) atoms. The van der Waals surface area contributed by atoms with Crippen LogP contribution in [0, 0.1) is 0 Å². The molecule has 1 N–H and O–H groups in total. The summed E-state index contributed by atoms with van der Waals surface area (Å²) in [6, 6.07) is 0. The molecule has 5 heteroatoms. The molecule has 0 rings (SSSR count). The van der Waals surface area contributed by atoms with Gasteiger partial charge in [-0.1, -0.05) is 174 Å². The van der Waals surface area contributed by atoms with Gasteiger partial charge >= 0.3 is 11.9 Å². The van der Waals surface area contributed by atoms with E-state index in [1.807, 2.05) is 12.2 Å². The molecule has 0 aliphatic carbocycles. The number of carbonyl (C=O) groups excluding carboxylic acids is 2. The second kappa shape index (κ2) is 43.7. The van der Waals surface area contributed by atoms with Crippen LogP contribution in [0.1, 0.15) is 155 Å². The Balaban J connectivity index is 3.81. The third-order valence-corrected chi connectivity index (χ3v) is 8.25. The van der Waals surface area contributed by atoms with Crippen LogP contribution in [0.5, 0.6) is 0 Å². The maximum Gasteiger partial charge on any atom is 0.306 e. The van der Waals surface area contributed by atoms with Gasteiger partial charge in [0.05, 0.1) is 6.61 Å². The lowest BCUT2D eigenvalue weighted by atomic mass is 10.1. The number of hydrogen-bond acceptors (Lipinski definition) is 5. The number of hydrogen-bond donors (Lipinski definition) is 1. The summed E-state index contributed by atoms with van der Waals surface area (Å²) in [6.07, 6.45) is 64.2. The van der Waals surface area contributed by atoms with Crippen molar-refractivity contribution in [2.45, 2.75) is 161 Å². The van der Waals surface area contributed by atoms with Gasteiger partial charge in [-0.3, -0.25) is 9.59 Å². The molecule has 0 bridgehead atoms. The summed E-state index contributed by atoms with van der Waals surface area (Å²) in [6.45, 7) is 3.89. The number of allylic oxidation sites excluding steroid dienone is 20. The van der Waals surface area contributed by atoms with Crippen molar-refractivity contribution in [1.82, 2.24) is 0 Å². The van der Waals surface area contributed by atoms with Gasteiger partial charge in [0, 0.05) is 12.8 Å². The Kier molecular flexibility index (Phi) is 40.7. The molecule has 0 saturated heterocycles. The molecule has 0 radical (unpaired) electrons. The van der Waals surface area contributed by atoms with Crippen molar-refractivity contribution in [3.8, 4) is 0 Å². The summed E-state index contributed by atoms with van der Waals surface area (Å²) >= 11 is 0. The summed E-state index contributed by atoms with van der Waals surface area (Å²) in [4.78, 5) is 24.3. The lowest BCUT2D eigenvalue weighted by molar-refractivity contribution is -0.161. The van der Waals surface area contributed by atoms with Crippen molar-refractivity contribution in [1.29, 1.82) is 0 Å². The van der Waals surface area contributed by atoms with E-state index in [1.54, 1.807) is 0 Å². The van der Waals surface area contributed by atoms with Gasteiger partial charge < -0.3 is 14.6 Å². The fourth-order valence-electron chi connectivity index (χ4n) is 5.10. The van der Waals surface area contributed by atoms with Crippen molar-refractivity contribution in [3.05, 3.63) is 122 Å². The van der Waals surface area contributed by atoms with Crippen molar-refractivity contribution in [3.63, 3.8) is 0 Å². The van der Waals surface area contributed by atoms with E-state index in [2.05, 4.69) is 123 Å².